The van der Waals surface area contributed by atoms with Gasteiger partial charge < -0.3 is 10.1 Å². The standard InChI is InChI=1S/C12H26N2O/c1-5-6-13-10(2)7-14-8-12(4)15-9-11(14)3/h10-13H,5-9H2,1-4H3. The van der Waals surface area contributed by atoms with Crippen molar-refractivity contribution in [1.82, 2.24) is 10.2 Å². The molecule has 3 unspecified atom stereocenters. The quantitative estimate of drug-likeness (QED) is 0.750. The molecule has 3 atom stereocenters. The minimum absolute atomic E-state index is 0.388. The molecule has 0 spiro atoms. The Morgan fingerprint density at radius 2 is 2.20 bits per heavy atom. The molecule has 1 aliphatic heterocycles. The lowest BCUT2D eigenvalue weighted by Gasteiger charge is -2.38. The zero-order chi connectivity index (χ0) is 11.3. The lowest BCUT2D eigenvalue weighted by Crippen LogP contribution is -2.51. The van der Waals surface area contributed by atoms with Crippen molar-refractivity contribution in [1.29, 1.82) is 0 Å². The number of hydrogen-bond donors (Lipinski definition) is 1. The summed E-state index contributed by atoms with van der Waals surface area (Å²) in [4.78, 5) is 2.53. The van der Waals surface area contributed by atoms with Crippen LogP contribution in [0.3, 0.4) is 0 Å². The van der Waals surface area contributed by atoms with E-state index in [1.807, 2.05) is 0 Å². The number of rotatable bonds is 5. The smallest absolute Gasteiger partial charge is 0.0674 e. The second kappa shape index (κ2) is 6.46. The van der Waals surface area contributed by atoms with Crippen molar-refractivity contribution in [2.45, 2.75) is 52.3 Å². The molecule has 0 radical (unpaired) electrons. The van der Waals surface area contributed by atoms with E-state index in [2.05, 4.69) is 37.9 Å². The Labute approximate surface area is 94.2 Å². The predicted molar refractivity (Wildman–Crippen MR) is 64.2 cm³/mol. The molecule has 0 aliphatic carbocycles. The number of ether oxygens (including phenoxy) is 1. The van der Waals surface area contributed by atoms with Gasteiger partial charge in [0.05, 0.1) is 12.7 Å². The van der Waals surface area contributed by atoms with Gasteiger partial charge in [0.25, 0.3) is 0 Å². The number of morpholine rings is 1. The molecule has 15 heavy (non-hydrogen) atoms. The van der Waals surface area contributed by atoms with Gasteiger partial charge in [0.15, 0.2) is 0 Å². The Bertz CT molecular complexity index is 175. The summed E-state index contributed by atoms with van der Waals surface area (Å²) in [5.41, 5.74) is 0. The summed E-state index contributed by atoms with van der Waals surface area (Å²) >= 11 is 0. The van der Waals surface area contributed by atoms with Gasteiger partial charge in [-0.2, -0.15) is 0 Å². The van der Waals surface area contributed by atoms with Gasteiger partial charge in [-0.3, -0.25) is 4.90 Å². The lowest BCUT2D eigenvalue weighted by molar-refractivity contribution is -0.0514. The van der Waals surface area contributed by atoms with Gasteiger partial charge in [0.2, 0.25) is 0 Å². The highest BCUT2D eigenvalue weighted by Gasteiger charge is 2.24. The second-order valence-electron chi connectivity index (χ2n) is 4.80. The van der Waals surface area contributed by atoms with Crippen molar-refractivity contribution in [2.24, 2.45) is 0 Å². The molecule has 1 aliphatic rings. The molecule has 0 aromatic heterocycles. The Hall–Kier alpha value is -0.120. The maximum absolute atomic E-state index is 5.62. The Kier molecular flexibility index (Phi) is 5.58. The minimum Gasteiger partial charge on any atom is -0.376 e. The minimum atomic E-state index is 0.388. The third kappa shape index (κ3) is 4.49. The monoisotopic (exact) mass is 214 g/mol. The molecule has 0 bridgehead atoms. The van der Waals surface area contributed by atoms with Crippen LogP contribution in [-0.4, -0.2) is 49.3 Å². The first-order valence-electron chi connectivity index (χ1n) is 6.22. The van der Waals surface area contributed by atoms with Gasteiger partial charge in [-0.05, 0) is 33.7 Å². The van der Waals surface area contributed by atoms with Gasteiger partial charge in [-0.1, -0.05) is 6.92 Å². The largest absolute Gasteiger partial charge is 0.376 e. The Balaban J connectivity index is 2.28. The third-order valence-electron chi connectivity index (χ3n) is 2.99. The molecule has 0 saturated carbocycles. The van der Waals surface area contributed by atoms with Crippen LogP contribution in [0.2, 0.25) is 0 Å². The summed E-state index contributed by atoms with van der Waals surface area (Å²) in [6, 6.07) is 1.14. The molecule has 1 N–H and O–H groups in total. The Morgan fingerprint density at radius 1 is 1.47 bits per heavy atom. The van der Waals surface area contributed by atoms with E-state index in [0.29, 0.717) is 18.2 Å². The van der Waals surface area contributed by atoms with E-state index in [1.165, 1.54) is 6.42 Å². The molecule has 3 nitrogen and oxygen atoms in total. The van der Waals surface area contributed by atoms with Crippen molar-refractivity contribution in [3.8, 4) is 0 Å². The molecule has 1 heterocycles. The van der Waals surface area contributed by atoms with Gasteiger partial charge in [-0.25, -0.2) is 0 Å². The van der Waals surface area contributed by atoms with Crippen LogP contribution in [0.15, 0.2) is 0 Å². The van der Waals surface area contributed by atoms with E-state index in [9.17, 15) is 0 Å². The summed E-state index contributed by atoms with van der Waals surface area (Å²) < 4.78 is 5.62. The highest BCUT2D eigenvalue weighted by molar-refractivity contribution is 4.78. The van der Waals surface area contributed by atoms with E-state index in [0.717, 1.165) is 26.2 Å². The summed E-state index contributed by atoms with van der Waals surface area (Å²) in [6.07, 6.45) is 1.60. The van der Waals surface area contributed by atoms with E-state index in [1.54, 1.807) is 0 Å². The molecule has 90 valence electrons. The van der Waals surface area contributed by atoms with Crippen molar-refractivity contribution in [2.75, 3.05) is 26.2 Å². The van der Waals surface area contributed by atoms with Crippen LogP contribution in [-0.2, 0) is 4.74 Å². The zero-order valence-corrected chi connectivity index (χ0v) is 10.6. The van der Waals surface area contributed by atoms with Crippen molar-refractivity contribution in [3.63, 3.8) is 0 Å². The highest BCUT2D eigenvalue weighted by atomic mass is 16.5. The van der Waals surface area contributed by atoms with Gasteiger partial charge in [0, 0.05) is 25.2 Å². The van der Waals surface area contributed by atoms with Crippen molar-refractivity contribution >= 4 is 0 Å². The summed E-state index contributed by atoms with van der Waals surface area (Å²) in [5.74, 6) is 0. The van der Waals surface area contributed by atoms with Crippen molar-refractivity contribution in [3.05, 3.63) is 0 Å². The second-order valence-corrected chi connectivity index (χ2v) is 4.80. The van der Waals surface area contributed by atoms with E-state index < -0.39 is 0 Å². The maximum atomic E-state index is 5.62. The first kappa shape index (κ1) is 12.9. The third-order valence-corrected chi connectivity index (χ3v) is 2.99. The van der Waals surface area contributed by atoms with Crippen LogP contribution >= 0.6 is 0 Å². The SMILES string of the molecule is CCCNC(C)CN1CC(C)OCC1C. The molecular formula is C12H26N2O. The Morgan fingerprint density at radius 3 is 2.87 bits per heavy atom. The van der Waals surface area contributed by atoms with Gasteiger partial charge >= 0.3 is 0 Å². The number of nitrogens with zero attached hydrogens (tertiary/aromatic N) is 1. The fourth-order valence-electron chi connectivity index (χ4n) is 2.03. The molecule has 1 fully saturated rings. The van der Waals surface area contributed by atoms with Crippen LogP contribution < -0.4 is 5.32 Å². The van der Waals surface area contributed by atoms with Crippen LogP contribution in [0.1, 0.15) is 34.1 Å². The van der Waals surface area contributed by atoms with Crippen LogP contribution in [0.25, 0.3) is 0 Å². The molecule has 0 aromatic carbocycles. The molecule has 0 aromatic rings. The zero-order valence-electron chi connectivity index (χ0n) is 10.6. The first-order chi connectivity index (χ1) is 7.13. The normalized spacial score (nSPS) is 30.4. The fraction of sp³-hybridized carbons (Fsp3) is 1.00. The van der Waals surface area contributed by atoms with Gasteiger partial charge in [-0.15, -0.1) is 0 Å². The van der Waals surface area contributed by atoms with E-state index >= 15 is 0 Å². The van der Waals surface area contributed by atoms with E-state index in [-0.39, 0.29) is 0 Å². The highest BCUT2D eigenvalue weighted by Crippen LogP contribution is 2.11. The van der Waals surface area contributed by atoms with Gasteiger partial charge in [0.1, 0.15) is 0 Å². The molecular weight excluding hydrogens is 188 g/mol. The van der Waals surface area contributed by atoms with Crippen LogP contribution in [0.4, 0.5) is 0 Å². The number of hydrogen-bond acceptors (Lipinski definition) is 3. The van der Waals surface area contributed by atoms with Crippen LogP contribution in [0, 0.1) is 0 Å². The topological polar surface area (TPSA) is 24.5 Å². The lowest BCUT2D eigenvalue weighted by atomic mass is 10.2. The first-order valence-corrected chi connectivity index (χ1v) is 6.22. The summed E-state index contributed by atoms with van der Waals surface area (Å²) in [5, 5.41) is 3.53. The molecule has 3 heteroatoms. The average molecular weight is 214 g/mol. The summed E-state index contributed by atoms with van der Waals surface area (Å²) in [7, 11) is 0. The molecule has 0 amide bonds. The van der Waals surface area contributed by atoms with Crippen LogP contribution in [0.5, 0.6) is 0 Å². The van der Waals surface area contributed by atoms with Crippen molar-refractivity contribution < 1.29 is 4.74 Å². The molecule has 1 rings (SSSR count). The average Bonchev–Trinajstić information content (AvgIpc) is 2.20. The fourth-order valence-corrected chi connectivity index (χ4v) is 2.03. The maximum Gasteiger partial charge on any atom is 0.0674 e. The summed E-state index contributed by atoms with van der Waals surface area (Å²) in [6.45, 7) is 13.1. The van der Waals surface area contributed by atoms with E-state index in [4.69, 9.17) is 4.74 Å². The predicted octanol–water partition coefficient (Wildman–Crippen LogP) is 1.48. The number of nitrogens with one attached hydrogen (secondary N) is 1. The molecule has 1 saturated heterocycles.